The topological polar surface area (TPSA) is 228 Å². The molecule has 1 amide bonds. The van der Waals surface area contributed by atoms with Gasteiger partial charge in [0, 0.05) is 6.42 Å². The fourth-order valence-corrected chi connectivity index (χ4v) is 8.52. The van der Waals surface area contributed by atoms with E-state index in [1.807, 2.05) is 0 Å². The van der Waals surface area contributed by atoms with Crippen LogP contribution in [0.25, 0.3) is 0 Å². The van der Waals surface area contributed by atoms with Crippen LogP contribution in [-0.2, 0) is 23.7 Å². The molecule has 2 aliphatic rings. The molecule has 0 aromatic carbocycles. The zero-order chi connectivity index (χ0) is 46.1. The molecule has 372 valence electrons. The van der Waals surface area contributed by atoms with Gasteiger partial charge in [-0.25, -0.2) is 0 Å². The monoisotopic (exact) mass is 904 g/mol. The van der Waals surface area contributed by atoms with Crippen molar-refractivity contribution in [2.45, 2.75) is 274 Å². The zero-order valence-electron chi connectivity index (χ0n) is 39.3. The van der Waals surface area contributed by atoms with Crippen LogP contribution in [0.1, 0.15) is 200 Å². The molecule has 2 fully saturated rings. The number of hydrogen-bond donors (Lipinski definition) is 9. The van der Waals surface area contributed by atoms with Crippen LogP contribution in [-0.4, -0.2) is 140 Å². The third-order valence-electron chi connectivity index (χ3n) is 12.7. The number of hydrogen-bond acceptors (Lipinski definition) is 13. The molecule has 0 spiro atoms. The van der Waals surface area contributed by atoms with E-state index < -0.39 is 86.8 Å². The van der Waals surface area contributed by atoms with E-state index in [9.17, 15) is 45.6 Å². The van der Waals surface area contributed by atoms with Crippen LogP contribution in [0.5, 0.6) is 0 Å². The Morgan fingerprint density at radius 1 is 0.556 bits per heavy atom. The summed E-state index contributed by atoms with van der Waals surface area (Å²) in [4.78, 5) is 13.2. The molecule has 0 bridgehead atoms. The van der Waals surface area contributed by atoms with Crippen molar-refractivity contribution in [3.63, 3.8) is 0 Å². The first-order valence-corrected chi connectivity index (χ1v) is 25.4. The highest BCUT2D eigenvalue weighted by atomic mass is 16.7. The van der Waals surface area contributed by atoms with Crippen molar-refractivity contribution in [3.05, 3.63) is 12.2 Å². The molecule has 12 unspecified atom stereocenters. The first kappa shape index (κ1) is 57.9. The van der Waals surface area contributed by atoms with E-state index in [0.29, 0.717) is 12.8 Å². The number of allylic oxidation sites excluding steroid dienone is 2. The van der Waals surface area contributed by atoms with Gasteiger partial charge in [-0.3, -0.25) is 4.79 Å². The molecule has 9 N–H and O–H groups in total. The summed E-state index contributed by atoms with van der Waals surface area (Å²) in [7, 11) is 0. The van der Waals surface area contributed by atoms with Gasteiger partial charge in [-0.15, -0.1) is 0 Å². The number of aliphatic hydroxyl groups is 8. The zero-order valence-corrected chi connectivity index (χ0v) is 39.3. The number of ether oxygens (including phenoxy) is 4. The number of nitrogens with one attached hydrogen (secondary N) is 1. The van der Waals surface area contributed by atoms with Crippen LogP contribution in [0, 0.1) is 0 Å². The van der Waals surface area contributed by atoms with E-state index in [4.69, 9.17) is 18.9 Å². The number of unbranched alkanes of at least 4 members (excludes halogenated alkanes) is 24. The molecule has 2 heterocycles. The number of rotatable bonds is 39. The molecule has 0 aromatic heterocycles. The molecule has 2 saturated heterocycles. The molecule has 0 aliphatic carbocycles. The lowest BCUT2D eigenvalue weighted by atomic mass is 9.97. The Morgan fingerprint density at radius 3 is 1.51 bits per heavy atom. The second-order valence-corrected chi connectivity index (χ2v) is 18.3. The Bertz CT molecular complexity index is 1120. The normalized spacial score (nSPS) is 27.5. The minimum absolute atomic E-state index is 0.210. The molecule has 2 aliphatic heterocycles. The summed E-state index contributed by atoms with van der Waals surface area (Å²) in [6.07, 6.45) is 20.8. The Labute approximate surface area is 380 Å². The summed E-state index contributed by atoms with van der Waals surface area (Å²) >= 11 is 0. The lowest BCUT2D eigenvalue weighted by molar-refractivity contribution is -0.359. The average molecular weight is 904 g/mol. The van der Waals surface area contributed by atoms with E-state index in [0.717, 1.165) is 51.4 Å². The third-order valence-corrected chi connectivity index (χ3v) is 12.7. The van der Waals surface area contributed by atoms with E-state index in [1.165, 1.54) is 122 Å². The number of carbonyl (C=O) groups is 1. The summed E-state index contributed by atoms with van der Waals surface area (Å²) in [5.41, 5.74) is 0. The Balaban J connectivity index is 1.79. The summed E-state index contributed by atoms with van der Waals surface area (Å²) in [5, 5.41) is 86.7. The summed E-state index contributed by atoms with van der Waals surface area (Å²) in [6.45, 7) is 2.82. The van der Waals surface area contributed by atoms with Crippen LogP contribution in [0.4, 0.5) is 0 Å². The van der Waals surface area contributed by atoms with Crippen LogP contribution < -0.4 is 5.32 Å². The van der Waals surface area contributed by atoms with Crippen molar-refractivity contribution in [1.82, 2.24) is 5.32 Å². The molecule has 0 aromatic rings. The van der Waals surface area contributed by atoms with Gasteiger partial charge in [-0.2, -0.15) is 0 Å². The van der Waals surface area contributed by atoms with E-state index in [2.05, 4.69) is 31.3 Å². The van der Waals surface area contributed by atoms with Crippen LogP contribution in [0.3, 0.4) is 0 Å². The molecule has 63 heavy (non-hydrogen) atoms. The Morgan fingerprint density at radius 2 is 1.00 bits per heavy atom. The Kier molecular flexibility index (Phi) is 33.8. The second-order valence-electron chi connectivity index (χ2n) is 18.3. The highest BCUT2D eigenvalue weighted by Gasteiger charge is 2.51. The maximum Gasteiger partial charge on any atom is 0.220 e. The number of amides is 1. The number of aliphatic hydroxyl groups excluding tert-OH is 8. The predicted octanol–water partition coefficient (Wildman–Crippen LogP) is 6.38. The maximum atomic E-state index is 13.2. The van der Waals surface area contributed by atoms with Gasteiger partial charge < -0.3 is 65.1 Å². The van der Waals surface area contributed by atoms with Crippen molar-refractivity contribution in [1.29, 1.82) is 0 Å². The van der Waals surface area contributed by atoms with Crippen molar-refractivity contribution in [2.24, 2.45) is 0 Å². The smallest absolute Gasteiger partial charge is 0.220 e. The quantitative estimate of drug-likeness (QED) is 0.0241. The van der Waals surface area contributed by atoms with Gasteiger partial charge in [-0.1, -0.05) is 167 Å². The number of carbonyl (C=O) groups excluding carboxylic acids is 1. The SMILES string of the molecule is CCCCCCCC/C=C\CCCCCCCCCCCC(=O)NC(COC1OC(CO)C(OC2OC(CO)C(O)C(O)C2O)C(O)C1O)C(O)CCCCCCCCCCCC. The van der Waals surface area contributed by atoms with Crippen molar-refractivity contribution >= 4 is 5.91 Å². The van der Waals surface area contributed by atoms with Crippen molar-refractivity contribution in [2.75, 3.05) is 19.8 Å². The summed E-state index contributed by atoms with van der Waals surface area (Å²) in [5.74, 6) is -0.210. The second kappa shape index (κ2) is 36.8. The minimum atomic E-state index is -1.78. The lowest BCUT2D eigenvalue weighted by Gasteiger charge is -2.46. The van der Waals surface area contributed by atoms with Gasteiger partial charge in [0.1, 0.15) is 48.8 Å². The molecule has 12 atom stereocenters. The minimum Gasteiger partial charge on any atom is -0.394 e. The maximum absolute atomic E-state index is 13.2. The summed E-state index contributed by atoms with van der Waals surface area (Å²) in [6, 6.07) is -0.824. The standard InChI is InChI=1S/C49H93NO13/c1-3-5-7-9-11-13-15-16-17-18-19-20-21-22-23-25-27-29-31-33-41(54)50-37(38(53)32-30-28-26-24-14-12-10-8-6-4-2)36-60-48-46(59)44(57)47(40(35-52)62-48)63-49-45(58)43(56)42(55)39(34-51)61-49/h16-17,37-40,42-49,51-53,55-59H,3-15,18-36H2,1-2H3,(H,50,54)/b17-16-. The molecule has 14 heteroatoms. The molecule has 14 nitrogen and oxygen atoms in total. The Hall–Kier alpha value is -1.27. The van der Waals surface area contributed by atoms with Gasteiger partial charge in [0.2, 0.25) is 5.91 Å². The third kappa shape index (κ3) is 24.4. The molecule has 2 rings (SSSR count). The average Bonchev–Trinajstić information content (AvgIpc) is 3.28. The molecular formula is C49H93NO13. The fraction of sp³-hybridized carbons (Fsp3) is 0.939. The highest BCUT2D eigenvalue weighted by molar-refractivity contribution is 5.76. The predicted molar refractivity (Wildman–Crippen MR) is 245 cm³/mol. The van der Waals surface area contributed by atoms with Crippen LogP contribution in [0.2, 0.25) is 0 Å². The van der Waals surface area contributed by atoms with Gasteiger partial charge in [-0.05, 0) is 38.5 Å². The summed E-state index contributed by atoms with van der Waals surface area (Å²) < 4.78 is 22.7. The van der Waals surface area contributed by atoms with Gasteiger partial charge in [0.25, 0.3) is 0 Å². The van der Waals surface area contributed by atoms with E-state index >= 15 is 0 Å². The highest BCUT2D eigenvalue weighted by Crippen LogP contribution is 2.30. The first-order valence-electron chi connectivity index (χ1n) is 25.4. The fourth-order valence-electron chi connectivity index (χ4n) is 8.52. The van der Waals surface area contributed by atoms with Crippen molar-refractivity contribution in [3.8, 4) is 0 Å². The van der Waals surface area contributed by atoms with Gasteiger partial charge in [0.05, 0.1) is 32.0 Å². The van der Waals surface area contributed by atoms with Crippen LogP contribution >= 0.6 is 0 Å². The largest absolute Gasteiger partial charge is 0.394 e. The van der Waals surface area contributed by atoms with E-state index in [1.54, 1.807) is 0 Å². The molecular weight excluding hydrogens is 811 g/mol. The van der Waals surface area contributed by atoms with Crippen LogP contribution in [0.15, 0.2) is 12.2 Å². The first-order chi connectivity index (χ1) is 30.6. The molecule has 0 radical (unpaired) electrons. The van der Waals surface area contributed by atoms with Crippen molar-refractivity contribution < 1.29 is 64.6 Å². The van der Waals surface area contributed by atoms with Gasteiger partial charge in [0.15, 0.2) is 12.6 Å². The molecule has 0 saturated carbocycles. The van der Waals surface area contributed by atoms with Gasteiger partial charge >= 0.3 is 0 Å². The lowest BCUT2D eigenvalue weighted by Crippen LogP contribution is -2.65. The van der Waals surface area contributed by atoms with E-state index in [-0.39, 0.29) is 12.5 Å².